The van der Waals surface area contributed by atoms with Gasteiger partial charge in [-0.25, -0.2) is 0 Å². The summed E-state index contributed by atoms with van der Waals surface area (Å²) in [5, 5.41) is 7.63. The summed E-state index contributed by atoms with van der Waals surface area (Å²) in [6.45, 7) is 11.4. The van der Waals surface area contributed by atoms with E-state index < -0.39 is 0 Å². The molecule has 1 aliphatic rings. The highest BCUT2D eigenvalue weighted by molar-refractivity contribution is 6.30. The Morgan fingerprint density at radius 3 is 2.15 bits per heavy atom. The first-order valence-corrected chi connectivity index (χ1v) is 10.2. The average Bonchev–Trinajstić information content (AvgIpc) is 2.71. The van der Waals surface area contributed by atoms with Crippen LogP contribution in [-0.4, -0.2) is 55.4 Å². The molecule has 1 saturated heterocycles. The molecule has 0 aliphatic carbocycles. The molecule has 1 aliphatic heterocycles. The van der Waals surface area contributed by atoms with Crippen LogP contribution >= 0.6 is 11.6 Å². The van der Waals surface area contributed by atoms with E-state index in [-0.39, 0.29) is 0 Å². The van der Waals surface area contributed by atoms with Crippen molar-refractivity contribution in [3.63, 3.8) is 0 Å². The minimum atomic E-state index is 0.794. The van der Waals surface area contributed by atoms with Gasteiger partial charge in [-0.3, -0.25) is 9.91 Å². The van der Waals surface area contributed by atoms with Crippen molar-refractivity contribution in [1.29, 1.82) is 0 Å². The first kappa shape index (κ1) is 19.7. The maximum Gasteiger partial charge on any atom is 0.0542 e. The Kier molecular flexibility index (Phi) is 7.13. The number of nitrogens with zero attached hydrogens (tertiary/aromatic N) is 4. The van der Waals surface area contributed by atoms with Gasteiger partial charge in [0.05, 0.1) is 6.21 Å². The number of hydrogen-bond donors (Lipinski definition) is 0. The number of hydrazone groups is 1. The van der Waals surface area contributed by atoms with Crippen LogP contribution in [0.3, 0.4) is 0 Å². The number of piperazine rings is 1. The Bertz CT molecular complexity index is 715. The number of benzene rings is 2. The molecule has 27 heavy (non-hydrogen) atoms. The molecule has 144 valence electrons. The van der Waals surface area contributed by atoms with Crippen LogP contribution in [0.15, 0.2) is 53.6 Å². The van der Waals surface area contributed by atoms with Crippen LogP contribution in [0.1, 0.15) is 25.0 Å². The SMILES string of the molecule is CCN(CC)c1ccc(/C=N\N2CCN(Cc3ccc(Cl)cc3)CC2)cc1. The quantitative estimate of drug-likeness (QED) is 0.663. The van der Waals surface area contributed by atoms with E-state index in [9.17, 15) is 0 Å². The molecular formula is C22H29ClN4. The van der Waals surface area contributed by atoms with Crippen molar-refractivity contribution in [2.45, 2.75) is 20.4 Å². The lowest BCUT2D eigenvalue weighted by atomic mass is 10.2. The second kappa shape index (κ2) is 9.77. The largest absolute Gasteiger partial charge is 0.372 e. The third-order valence-corrected chi connectivity index (χ3v) is 5.31. The van der Waals surface area contributed by atoms with E-state index in [1.165, 1.54) is 11.3 Å². The number of halogens is 1. The highest BCUT2D eigenvalue weighted by Crippen LogP contribution is 2.15. The van der Waals surface area contributed by atoms with Gasteiger partial charge < -0.3 is 4.90 Å². The van der Waals surface area contributed by atoms with E-state index in [4.69, 9.17) is 11.6 Å². The number of hydrogen-bond acceptors (Lipinski definition) is 4. The number of rotatable bonds is 7. The van der Waals surface area contributed by atoms with Crippen LogP contribution in [0.4, 0.5) is 5.69 Å². The van der Waals surface area contributed by atoms with Crippen molar-refractivity contribution in [3.8, 4) is 0 Å². The molecule has 5 heteroatoms. The molecule has 0 saturated carbocycles. The average molecular weight is 385 g/mol. The molecule has 0 spiro atoms. The summed E-state index contributed by atoms with van der Waals surface area (Å²) in [6, 6.07) is 16.8. The fourth-order valence-electron chi connectivity index (χ4n) is 3.37. The highest BCUT2D eigenvalue weighted by Gasteiger charge is 2.15. The topological polar surface area (TPSA) is 22.1 Å². The van der Waals surface area contributed by atoms with Crippen LogP contribution in [0.5, 0.6) is 0 Å². The van der Waals surface area contributed by atoms with Crippen molar-refractivity contribution < 1.29 is 0 Å². The van der Waals surface area contributed by atoms with Gasteiger partial charge in [0, 0.05) is 56.5 Å². The molecule has 0 radical (unpaired) electrons. The van der Waals surface area contributed by atoms with Gasteiger partial charge in [-0.15, -0.1) is 0 Å². The minimum absolute atomic E-state index is 0.794. The standard InChI is InChI=1S/C22H29ClN4/c1-3-26(4-2)22-11-7-19(8-12-22)17-24-27-15-13-25(14-16-27)18-20-5-9-21(23)10-6-20/h5-12,17H,3-4,13-16,18H2,1-2H3/b24-17-. The van der Waals surface area contributed by atoms with E-state index in [1.807, 2.05) is 18.3 Å². The first-order chi connectivity index (χ1) is 13.2. The molecule has 0 unspecified atom stereocenters. The van der Waals surface area contributed by atoms with E-state index >= 15 is 0 Å². The minimum Gasteiger partial charge on any atom is -0.372 e. The molecule has 2 aromatic rings. The van der Waals surface area contributed by atoms with Crippen molar-refractivity contribution >= 4 is 23.5 Å². The van der Waals surface area contributed by atoms with Gasteiger partial charge in [-0.05, 0) is 49.2 Å². The normalized spacial score (nSPS) is 15.4. The smallest absolute Gasteiger partial charge is 0.0542 e. The van der Waals surface area contributed by atoms with Crippen molar-refractivity contribution in [2.75, 3.05) is 44.2 Å². The fraction of sp³-hybridized carbons (Fsp3) is 0.409. The lowest BCUT2D eigenvalue weighted by molar-refractivity contribution is 0.131. The highest BCUT2D eigenvalue weighted by atomic mass is 35.5. The van der Waals surface area contributed by atoms with Crippen LogP contribution in [0, 0.1) is 0 Å². The summed E-state index contributed by atoms with van der Waals surface area (Å²) < 4.78 is 0. The Morgan fingerprint density at radius 1 is 0.926 bits per heavy atom. The summed E-state index contributed by atoms with van der Waals surface area (Å²) in [5.41, 5.74) is 3.73. The van der Waals surface area contributed by atoms with Crippen molar-refractivity contribution in [3.05, 3.63) is 64.7 Å². The first-order valence-electron chi connectivity index (χ1n) is 9.78. The molecule has 1 fully saturated rings. The molecule has 0 amide bonds. The molecule has 0 bridgehead atoms. The maximum atomic E-state index is 5.96. The van der Waals surface area contributed by atoms with Crippen molar-refractivity contribution in [1.82, 2.24) is 9.91 Å². The zero-order chi connectivity index (χ0) is 19.1. The fourth-order valence-corrected chi connectivity index (χ4v) is 3.49. The zero-order valence-corrected chi connectivity index (χ0v) is 17.1. The van der Waals surface area contributed by atoms with Gasteiger partial charge in [0.15, 0.2) is 0 Å². The molecule has 1 heterocycles. The van der Waals surface area contributed by atoms with E-state index in [0.29, 0.717) is 0 Å². The molecular weight excluding hydrogens is 356 g/mol. The molecule has 0 aromatic heterocycles. The molecule has 3 rings (SSSR count). The van der Waals surface area contributed by atoms with Gasteiger partial charge >= 0.3 is 0 Å². The molecule has 2 aromatic carbocycles. The van der Waals surface area contributed by atoms with Gasteiger partial charge in [-0.1, -0.05) is 35.9 Å². The molecule has 0 N–H and O–H groups in total. The predicted octanol–water partition coefficient (Wildman–Crippen LogP) is 4.34. The number of anilines is 1. The van der Waals surface area contributed by atoms with E-state index in [0.717, 1.165) is 56.4 Å². The Morgan fingerprint density at radius 2 is 1.56 bits per heavy atom. The third-order valence-electron chi connectivity index (χ3n) is 5.06. The van der Waals surface area contributed by atoms with Gasteiger partial charge in [0.1, 0.15) is 0 Å². The van der Waals surface area contributed by atoms with Crippen molar-refractivity contribution in [2.24, 2.45) is 5.10 Å². The van der Waals surface area contributed by atoms with E-state index in [2.05, 4.69) is 70.2 Å². The summed E-state index contributed by atoms with van der Waals surface area (Å²) in [4.78, 5) is 4.81. The monoisotopic (exact) mass is 384 g/mol. The maximum absolute atomic E-state index is 5.96. The predicted molar refractivity (Wildman–Crippen MR) is 116 cm³/mol. The van der Waals surface area contributed by atoms with Gasteiger partial charge in [0.2, 0.25) is 0 Å². The summed E-state index contributed by atoms with van der Waals surface area (Å²) in [5.74, 6) is 0. The van der Waals surface area contributed by atoms with Crippen LogP contribution in [-0.2, 0) is 6.54 Å². The molecule has 0 atom stereocenters. The Labute approximate surface area is 168 Å². The second-order valence-corrected chi connectivity index (χ2v) is 7.30. The van der Waals surface area contributed by atoms with Crippen LogP contribution in [0.2, 0.25) is 5.02 Å². The summed E-state index contributed by atoms with van der Waals surface area (Å²) in [6.07, 6.45) is 1.97. The van der Waals surface area contributed by atoms with Gasteiger partial charge in [0.25, 0.3) is 0 Å². The third kappa shape index (κ3) is 5.72. The molecule has 4 nitrogen and oxygen atoms in total. The second-order valence-electron chi connectivity index (χ2n) is 6.86. The lowest BCUT2D eigenvalue weighted by Crippen LogP contribution is -2.43. The summed E-state index contributed by atoms with van der Waals surface area (Å²) >= 11 is 5.96. The van der Waals surface area contributed by atoms with E-state index in [1.54, 1.807) is 0 Å². The van der Waals surface area contributed by atoms with Crippen LogP contribution in [0.25, 0.3) is 0 Å². The lowest BCUT2D eigenvalue weighted by Gasteiger charge is -2.33. The van der Waals surface area contributed by atoms with Crippen LogP contribution < -0.4 is 4.90 Å². The zero-order valence-electron chi connectivity index (χ0n) is 16.3. The Balaban J connectivity index is 1.47. The van der Waals surface area contributed by atoms with Gasteiger partial charge in [-0.2, -0.15) is 5.10 Å². The summed E-state index contributed by atoms with van der Waals surface area (Å²) in [7, 11) is 0. The Hall–Kier alpha value is -2.04.